The van der Waals surface area contributed by atoms with Crippen molar-refractivity contribution in [3.8, 4) is 0 Å². The first-order chi connectivity index (χ1) is 13.0. The summed E-state index contributed by atoms with van der Waals surface area (Å²) in [5.74, 6) is 0.329. The summed E-state index contributed by atoms with van der Waals surface area (Å²) in [6.45, 7) is 12.2. The van der Waals surface area contributed by atoms with Crippen LogP contribution in [-0.2, 0) is 9.59 Å². The molecule has 1 unspecified atom stereocenters. The van der Waals surface area contributed by atoms with Crippen molar-refractivity contribution >= 4 is 11.8 Å². The fraction of sp³-hybridized carbons (Fsp3) is 0.810. The van der Waals surface area contributed by atoms with Gasteiger partial charge in [0.2, 0.25) is 11.8 Å². The first kappa shape index (κ1) is 21.9. The molecule has 2 amide bonds. The van der Waals surface area contributed by atoms with Crippen LogP contribution in [0.3, 0.4) is 0 Å². The summed E-state index contributed by atoms with van der Waals surface area (Å²) in [6, 6.07) is -0.106. The first-order valence-electron chi connectivity index (χ1n) is 10.7. The van der Waals surface area contributed by atoms with Crippen LogP contribution in [0.5, 0.6) is 0 Å². The highest BCUT2D eigenvalue weighted by Gasteiger charge is 2.26. The van der Waals surface area contributed by atoms with Gasteiger partial charge in [0.25, 0.3) is 0 Å². The molecule has 6 heteroatoms. The second kappa shape index (κ2) is 11.4. The van der Waals surface area contributed by atoms with Gasteiger partial charge in [-0.25, -0.2) is 0 Å². The third-order valence-electron chi connectivity index (χ3n) is 5.94. The lowest BCUT2D eigenvalue weighted by molar-refractivity contribution is -0.133. The zero-order chi connectivity index (χ0) is 19.6. The van der Waals surface area contributed by atoms with E-state index in [9.17, 15) is 9.59 Å². The molecule has 2 aliphatic rings. The number of carbonyl (C=O) groups is 2. The van der Waals surface area contributed by atoms with E-state index >= 15 is 0 Å². The molecule has 1 saturated heterocycles. The molecule has 0 saturated carbocycles. The number of likely N-dealkylation sites (N-methyl/N-ethyl adjacent to an activating group) is 1. The van der Waals surface area contributed by atoms with Gasteiger partial charge in [-0.15, -0.1) is 0 Å². The third-order valence-corrected chi connectivity index (χ3v) is 5.94. The Morgan fingerprint density at radius 2 is 1.85 bits per heavy atom. The van der Waals surface area contributed by atoms with Crippen LogP contribution < -0.4 is 5.32 Å². The van der Waals surface area contributed by atoms with E-state index in [1.54, 1.807) is 0 Å². The lowest BCUT2D eigenvalue weighted by atomic mass is 9.97. The van der Waals surface area contributed by atoms with E-state index in [4.69, 9.17) is 0 Å². The number of nitrogens with zero attached hydrogens (tertiary/aromatic N) is 3. The van der Waals surface area contributed by atoms with Gasteiger partial charge < -0.3 is 10.2 Å². The van der Waals surface area contributed by atoms with Crippen molar-refractivity contribution in [1.82, 2.24) is 20.0 Å². The third kappa shape index (κ3) is 6.92. The molecule has 0 aromatic carbocycles. The van der Waals surface area contributed by atoms with Crippen molar-refractivity contribution in [2.24, 2.45) is 0 Å². The monoisotopic (exact) mass is 378 g/mol. The number of hydrogen-bond acceptors (Lipinski definition) is 4. The molecule has 2 rings (SSSR count). The molecule has 0 radical (unpaired) electrons. The van der Waals surface area contributed by atoms with Gasteiger partial charge in [-0.05, 0) is 52.9 Å². The Labute approximate surface area is 164 Å². The number of carbonyl (C=O) groups excluding carboxylic acids is 2. The second-order valence-electron chi connectivity index (χ2n) is 7.70. The molecule has 154 valence electrons. The summed E-state index contributed by atoms with van der Waals surface area (Å²) in [5.41, 5.74) is 1.50. The van der Waals surface area contributed by atoms with Crippen LogP contribution in [-0.4, -0.2) is 84.9 Å². The van der Waals surface area contributed by atoms with Crippen molar-refractivity contribution in [2.75, 3.05) is 52.4 Å². The fourth-order valence-electron chi connectivity index (χ4n) is 3.97. The smallest absolute Gasteiger partial charge is 0.237 e. The minimum absolute atomic E-state index is 0.106. The van der Waals surface area contributed by atoms with Crippen LogP contribution in [0.1, 0.15) is 52.9 Å². The highest BCUT2D eigenvalue weighted by molar-refractivity contribution is 5.81. The van der Waals surface area contributed by atoms with Gasteiger partial charge in [-0.2, -0.15) is 0 Å². The lowest BCUT2D eigenvalue weighted by Crippen LogP contribution is -2.55. The largest absolute Gasteiger partial charge is 0.354 e. The Morgan fingerprint density at radius 1 is 1.15 bits per heavy atom. The molecule has 0 aromatic rings. The summed E-state index contributed by atoms with van der Waals surface area (Å²) in [7, 11) is 0. The molecule has 1 fully saturated rings. The molecule has 1 atom stereocenters. The van der Waals surface area contributed by atoms with Crippen LogP contribution in [0.2, 0.25) is 0 Å². The molecule has 0 aromatic heterocycles. The number of piperazine rings is 1. The van der Waals surface area contributed by atoms with Gasteiger partial charge in [0.15, 0.2) is 0 Å². The van der Waals surface area contributed by atoms with E-state index in [1.165, 1.54) is 31.3 Å². The van der Waals surface area contributed by atoms with E-state index in [2.05, 4.69) is 21.2 Å². The Bertz CT molecular complexity index is 508. The van der Waals surface area contributed by atoms with Gasteiger partial charge in [0, 0.05) is 45.8 Å². The molecule has 1 N–H and O–H groups in total. The maximum Gasteiger partial charge on any atom is 0.237 e. The minimum atomic E-state index is -0.106. The molecular formula is C21H38N4O2. The Hall–Kier alpha value is -1.40. The van der Waals surface area contributed by atoms with Crippen LogP contribution in [0.25, 0.3) is 0 Å². The number of nitrogens with one attached hydrogen (secondary N) is 1. The van der Waals surface area contributed by atoms with Gasteiger partial charge in [-0.3, -0.25) is 19.4 Å². The summed E-state index contributed by atoms with van der Waals surface area (Å²) >= 11 is 0. The number of amides is 2. The summed E-state index contributed by atoms with van der Waals surface area (Å²) in [5, 5.41) is 3.10. The Kier molecular flexibility index (Phi) is 9.28. The van der Waals surface area contributed by atoms with Crippen molar-refractivity contribution in [3.63, 3.8) is 0 Å². The number of rotatable bonds is 9. The van der Waals surface area contributed by atoms with Crippen LogP contribution in [0.4, 0.5) is 0 Å². The lowest BCUT2D eigenvalue weighted by Gasteiger charge is -2.37. The van der Waals surface area contributed by atoms with Crippen molar-refractivity contribution in [1.29, 1.82) is 0 Å². The number of allylic oxidation sites excluding steroid dienone is 1. The Morgan fingerprint density at radius 3 is 2.44 bits per heavy atom. The zero-order valence-corrected chi connectivity index (χ0v) is 17.5. The van der Waals surface area contributed by atoms with E-state index < -0.39 is 0 Å². The average Bonchev–Trinajstić information content (AvgIpc) is 2.69. The van der Waals surface area contributed by atoms with E-state index in [-0.39, 0.29) is 17.9 Å². The highest BCUT2D eigenvalue weighted by Crippen LogP contribution is 2.19. The van der Waals surface area contributed by atoms with Crippen LogP contribution in [0, 0.1) is 0 Å². The standard InChI is InChI=1S/C21H38N4O2/c1-4-24(5-2)20(26)17-23-13-15-25(16-14-23)18(3)21(27)22-12-11-19-9-7-6-8-10-19/h9,18H,4-8,10-17H2,1-3H3,(H,22,27). The molecule has 0 bridgehead atoms. The molecule has 27 heavy (non-hydrogen) atoms. The van der Waals surface area contributed by atoms with Crippen molar-refractivity contribution in [2.45, 2.75) is 58.9 Å². The second-order valence-corrected chi connectivity index (χ2v) is 7.70. The Balaban J connectivity index is 1.67. The number of hydrogen-bond donors (Lipinski definition) is 1. The van der Waals surface area contributed by atoms with Gasteiger partial charge >= 0.3 is 0 Å². The van der Waals surface area contributed by atoms with E-state index in [0.717, 1.165) is 52.2 Å². The van der Waals surface area contributed by atoms with Crippen LogP contribution >= 0.6 is 0 Å². The normalized spacial score (nSPS) is 20.0. The molecule has 1 aliphatic heterocycles. The predicted octanol–water partition coefficient (Wildman–Crippen LogP) is 1.87. The maximum atomic E-state index is 12.5. The van der Waals surface area contributed by atoms with Gasteiger partial charge in [-0.1, -0.05) is 11.6 Å². The maximum absolute atomic E-state index is 12.5. The fourth-order valence-corrected chi connectivity index (χ4v) is 3.97. The summed E-state index contributed by atoms with van der Waals surface area (Å²) in [6.07, 6.45) is 8.31. The predicted molar refractivity (Wildman–Crippen MR) is 110 cm³/mol. The van der Waals surface area contributed by atoms with Crippen LogP contribution in [0.15, 0.2) is 11.6 Å². The van der Waals surface area contributed by atoms with Gasteiger partial charge in [0.1, 0.15) is 0 Å². The molecule has 6 nitrogen and oxygen atoms in total. The minimum Gasteiger partial charge on any atom is -0.354 e. The van der Waals surface area contributed by atoms with Crippen molar-refractivity contribution in [3.05, 3.63) is 11.6 Å². The SMILES string of the molecule is CCN(CC)C(=O)CN1CCN(C(C)C(=O)NCCC2=CCCCC2)CC1. The quantitative estimate of drug-likeness (QED) is 0.623. The highest BCUT2D eigenvalue weighted by atomic mass is 16.2. The van der Waals surface area contributed by atoms with Crippen molar-refractivity contribution < 1.29 is 9.59 Å². The van der Waals surface area contributed by atoms with E-state index in [1.807, 2.05) is 25.7 Å². The first-order valence-corrected chi connectivity index (χ1v) is 10.7. The average molecular weight is 379 g/mol. The molecular weight excluding hydrogens is 340 g/mol. The van der Waals surface area contributed by atoms with E-state index in [0.29, 0.717) is 6.54 Å². The zero-order valence-electron chi connectivity index (χ0n) is 17.5. The summed E-state index contributed by atoms with van der Waals surface area (Å²) in [4.78, 5) is 31.0. The topological polar surface area (TPSA) is 55.9 Å². The summed E-state index contributed by atoms with van der Waals surface area (Å²) < 4.78 is 0. The molecule has 0 spiro atoms. The van der Waals surface area contributed by atoms with Gasteiger partial charge in [0.05, 0.1) is 12.6 Å². The molecule has 1 heterocycles. The molecule has 1 aliphatic carbocycles.